The molecule has 0 unspecified atom stereocenters. The van der Waals surface area contributed by atoms with Crippen LogP contribution in [0.3, 0.4) is 0 Å². The first kappa shape index (κ1) is 16.4. The fourth-order valence-electron chi connectivity index (χ4n) is 2.28. The molecule has 0 aliphatic carbocycles. The number of hydrogen-bond donors (Lipinski definition) is 0. The van der Waals surface area contributed by atoms with Gasteiger partial charge < -0.3 is 4.74 Å². The summed E-state index contributed by atoms with van der Waals surface area (Å²) in [6.07, 6.45) is 1.04. The average Bonchev–Trinajstić information content (AvgIpc) is 2.79. The molecule has 0 atom stereocenters. The molecule has 108 valence electrons. The zero-order valence-corrected chi connectivity index (χ0v) is 16.2. The Morgan fingerprint density at radius 3 is 2.15 bits per heavy atom. The maximum absolute atomic E-state index is 6.41. The van der Waals surface area contributed by atoms with Crippen molar-refractivity contribution in [1.82, 2.24) is 0 Å². The van der Waals surface area contributed by atoms with Crippen molar-refractivity contribution in [3.8, 4) is 16.9 Å². The molecule has 0 saturated heterocycles. The zero-order chi connectivity index (χ0) is 15.0. The zero-order valence-electron chi connectivity index (χ0n) is 11.7. The molecular weight excluding hydrogens is 426 g/mol. The van der Waals surface area contributed by atoms with Crippen molar-refractivity contribution in [1.29, 1.82) is 0 Å². The normalized spacial score (nSPS) is 10.9. The Balaban J connectivity index is 2.77. The maximum atomic E-state index is 6.41. The number of aryl methyl sites for hydroxylation is 1. The van der Waals surface area contributed by atoms with E-state index < -0.39 is 0 Å². The van der Waals surface area contributed by atoms with Crippen molar-refractivity contribution in [2.75, 3.05) is 7.11 Å². The molecule has 1 aromatic heterocycles. The second kappa shape index (κ2) is 6.42. The van der Waals surface area contributed by atoms with E-state index in [0.29, 0.717) is 15.8 Å². The van der Waals surface area contributed by atoms with Gasteiger partial charge in [0.15, 0.2) is 5.75 Å². The molecule has 0 aliphatic rings. The maximum Gasteiger partial charge on any atom is 0.156 e. The van der Waals surface area contributed by atoms with Crippen molar-refractivity contribution in [2.24, 2.45) is 0 Å². The van der Waals surface area contributed by atoms with Gasteiger partial charge in [0.1, 0.15) is 0 Å². The molecule has 0 fully saturated rings. The molecule has 1 heterocycles. The van der Waals surface area contributed by atoms with Crippen LogP contribution in [0, 0.1) is 16.7 Å². The number of thiophene rings is 1. The highest BCUT2D eigenvalue weighted by molar-refractivity contribution is 14.1. The summed E-state index contributed by atoms with van der Waals surface area (Å²) in [6, 6.07) is 2.24. The molecule has 0 bridgehead atoms. The minimum atomic E-state index is 0.563. The molecule has 0 aliphatic heterocycles. The van der Waals surface area contributed by atoms with Gasteiger partial charge in [-0.15, -0.1) is 11.3 Å². The standard InChI is InChI=1S/C15H15Cl2IOS/c1-5-9-6-10(15(18)20-9)11-7(2)12(16)14(19-4)13(17)8(11)3/h6H,5H2,1-4H3. The molecule has 0 saturated carbocycles. The van der Waals surface area contributed by atoms with Crippen LogP contribution in [0.1, 0.15) is 22.9 Å². The number of halogens is 3. The molecule has 2 aromatic rings. The van der Waals surface area contributed by atoms with E-state index in [-0.39, 0.29) is 0 Å². The Morgan fingerprint density at radius 2 is 1.75 bits per heavy atom. The van der Waals surface area contributed by atoms with Crippen molar-refractivity contribution in [2.45, 2.75) is 27.2 Å². The van der Waals surface area contributed by atoms with Crippen LogP contribution >= 0.6 is 57.1 Å². The van der Waals surface area contributed by atoms with E-state index in [1.807, 2.05) is 25.2 Å². The van der Waals surface area contributed by atoms with E-state index in [0.717, 1.165) is 23.1 Å². The first-order valence-corrected chi connectivity index (χ1v) is 8.88. The number of hydrogen-bond acceptors (Lipinski definition) is 2. The van der Waals surface area contributed by atoms with Gasteiger partial charge in [-0.1, -0.05) is 30.1 Å². The summed E-state index contributed by atoms with van der Waals surface area (Å²) in [5.74, 6) is 0.563. The van der Waals surface area contributed by atoms with Gasteiger partial charge in [0.25, 0.3) is 0 Å². The Labute approximate surface area is 147 Å². The lowest BCUT2D eigenvalue weighted by atomic mass is 9.96. The highest BCUT2D eigenvalue weighted by atomic mass is 127. The molecule has 2 rings (SSSR count). The number of benzene rings is 1. The minimum absolute atomic E-state index is 0.563. The van der Waals surface area contributed by atoms with Crippen molar-refractivity contribution >= 4 is 57.1 Å². The van der Waals surface area contributed by atoms with Gasteiger partial charge in [-0.3, -0.25) is 0 Å². The summed E-state index contributed by atoms with van der Waals surface area (Å²) in [7, 11) is 1.59. The van der Waals surface area contributed by atoms with E-state index in [1.165, 1.54) is 13.3 Å². The molecule has 1 nitrogen and oxygen atoms in total. The smallest absolute Gasteiger partial charge is 0.156 e. The van der Waals surface area contributed by atoms with Gasteiger partial charge in [-0.2, -0.15) is 0 Å². The fraction of sp³-hybridized carbons (Fsp3) is 0.333. The molecule has 0 radical (unpaired) electrons. The molecule has 1 aromatic carbocycles. The molecule has 0 spiro atoms. The van der Waals surface area contributed by atoms with Gasteiger partial charge in [0, 0.05) is 10.4 Å². The van der Waals surface area contributed by atoms with E-state index in [9.17, 15) is 0 Å². The topological polar surface area (TPSA) is 9.23 Å². The summed E-state index contributed by atoms with van der Waals surface area (Å²) in [5, 5.41) is 1.19. The molecule has 20 heavy (non-hydrogen) atoms. The highest BCUT2D eigenvalue weighted by Gasteiger charge is 2.21. The molecular formula is C15H15Cl2IOS. The van der Waals surface area contributed by atoms with Crippen LogP contribution in [0.5, 0.6) is 5.75 Å². The van der Waals surface area contributed by atoms with Crippen LogP contribution in [0.25, 0.3) is 11.1 Å². The Hall–Kier alpha value is 0.0300. The summed E-state index contributed by atoms with van der Waals surface area (Å²) in [6.45, 7) is 6.20. The highest BCUT2D eigenvalue weighted by Crippen LogP contribution is 2.46. The third kappa shape index (κ3) is 2.70. The number of methoxy groups -OCH3 is 1. The van der Waals surface area contributed by atoms with Gasteiger partial charge in [0.05, 0.1) is 20.0 Å². The Morgan fingerprint density at radius 1 is 1.20 bits per heavy atom. The van der Waals surface area contributed by atoms with Gasteiger partial charge in [-0.05, 0) is 65.6 Å². The quantitative estimate of drug-likeness (QED) is 0.494. The van der Waals surface area contributed by atoms with E-state index in [2.05, 4.69) is 35.6 Å². The lowest BCUT2D eigenvalue weighted by molar-refractivity contribution is 0.414. The molecule has 5 heteroatoms. The van der Waals surface area contributed by atoms with Gasteiger partial charge in [0.2, 0.25) is 0 Å². The first-order chi connectivity index (χ1) is 9.42. The monoisotopic (exact) mass is 440 g/mol. The van der Waals surface area contributed by atoms with Crippen LogP contribution in [0.15, 0.2) is 6.07 Å². The molecule has 0 N–H and O–H groups in total. The van der Waals surface area contributed by atoms with E-state index in [4.69, 9.17) is 27.9 Å². The van der Waals surface area contributed by atoms with Crippen molar-refractivity contribution in [3.63, 3.8) is 0 Å². The van der Waals surface area contributed by atoms with Crippen molar-refractivity contribution in [3.05, 3.63) is 35.0 Å². The predicted molar refractivity (Wildman–Crippen MR) is 97.9 cm³/mol. The fourth-order valence-corrected chi connectivity index (χ4v) is 4.96. The van der Waals surface area contributed by atoms with Crippen LogP contribution in [0.2, 0.25) is 10.0 Å². The van der Waals surface area contributed by atoms with E-state index in [1.54, 1.807) is 7.11 Å². The number of ether oxygens (including phenoxy) is 1. The SMILES string of the molecule is CCc1cc(-c2c(C)c(Cl)c(OC)c(Cl)c2C)c(I)s1. The van der Waals surface area contributed by atoms with E-state index >= 15 is 0 Å². The van der Waals surface area contributed by atoms with Gasteiger partial charge in [-0.25, -0.2) is 0 Å². The summed E-state index contributed by atoms with van der Waals surface area (Å²) >= 11 is 17.0. The second-order valence-electron chi connectivity index (χ2n) is 4.54. The number of rotatable bonds is 3. The van der Waals surface area contributed by atoms with Crippen LogP contribution < -0.4 is 4.74 Å². The molecule has 0 amide bonds. The second-order valence-corrected chi connectivity index (χ2v) is 8.24. The predicted octanol–water partition coefficient (Wildman–Crippen LogP) is 6.51. The average molecular weight is 441 g/mol. The Bertz CT molecular complexity index is 635. The third-order valence-electron chi connectivity index (χ3n) is 3.37. The van der Waals surface area contributed by atoms with Gasteiger partial charge >= 0.3 is 0 Å². The largest absolute Gasteiger partial charge is 0.494 e. The third-order valence-corrected chi connectivity index (χ3v) is 6.59. The lowest BCUT2D eigenvalue weighted by Crippen LogP contribution is -1.96. The van der Waals surface area contributed by atoms with Crippen molar-refractivity contribution < 1.29 is 4.74 Å². The van der Waals surface area contributed by atoms with Crippen LogP contribution in [0.4, 0.5) is 0 Å². The minimum Gasteiger partial charge on any atom is -0.494 e. The summed E-state index contributed by atoms with van der Waals surface area (Å²) in [4.78, 5) is 1.37. The summed E-state index contributed by atoms with van der Waals surface area (Å²) < 4.78 is 6.59. The first-order valence-electron chi connectivity index (χ1n) is 6.23. The van der Waals surface area contributed by atoms with Crippen LogP contribution in [-0.4, -0.2) is 7.11 Å². The Kier molecular flexibility index (Phi) is 5.27. The van der Waals surface area contributed by atoms with Crippen LogP contribution in [-0.2, 0) is 6.42 Å². The summed E-state index contributed by atoms with van der Waals surface area (Å²) in [5.41, 5.74) is 4.38. The lowest BCUT2D eigenvalue weighted by Gasteiger charge is -2.17.